The molecule has 2 aromatic carbocycles. The van der Waals surface area contributed by atoms with E-state index in [4.69, 9.17) is 14.2 Å². The van der Waals surface area contributed by atoms with Gasteiger partial charge in [0.2, 0.25) is 5.91 Å². The van der Waals surface area contributed by atoms with Crippen LogP contribution in [0.3, 0.4) is 0 Å². The fourth-order valence-corrected chi connectivity index (χ4v) is 5.15. The molecule has 0 fully saturated rings. The number of ether oxygens (including phenoxy) is 3. The summed E-state index contributed by atoms with van der Waals surface area (Å²) in [7, 11) is 0. The molecule has 0 saturated carbocycles. The minimum Gasteiger partial charge on any atom is -0.466 e. The van der Waals surface area contributed by atoms with Gasteiger partial charge in [-0.15, -0.1) is 0 Å². The molecule has 13 heteroatoms. The van der Waals surface area contributed by atoms with Crippen molar-refractivity contribution in [3.63, 3.8) is 0 Å². The number of hydrogen-bond acceptors (Lipinski definition) is 9. The molecule has 0 aliphatic carbocycles. The van der Waals surface area contributed by atoms with Gasteiger partial charge in [-0.1, -0.05) is 42.5 Å². The number of nitrogens with one attached hydrogen (secondary N) is 1. The molecule has 0 saturated heterocycles. The number of rotatable bonds is 10. The second-order valence-corrected chi connectivity index (χ2v) is 11.8. The van der Waals surface area contributed by atoms with Gasteiger partial charge in [-0.3, -0.25) is 24.3 Å². The van der Waals surface area contributed by atoms with Gasteiger partial charge in [0, 0.05) is 49.5 Å². The number of esters is 1. The minimum atomic E-state index is -1.05. The number of nitro groups is 1. The van der Waals surface area contributed by atoms with E-state index in [2.05, 4.69) is 5.32 Å². The maximum atomic E-state index is 13.9. The molecule has 1 aromatic heterocycles. The van der Waals surface area contributed by atoms with Gasteiger partial charge in [0.25, 0.3) is 5.69 Å². The highest BCUT2D eigenvalue weighted by molar-refractivity contribution is 5.86. The van der Waals surface area contributed by atoms with E-state index in [9.17, 15) is 29.3 Å². The molecular formula is C33H38N4O9. The van der Waals surface area contributed by atoms with Crippen molar-refractivity contribution in [2.45, 2.75) is 71.8 Å². The molecule has 13 nitrogen and oxygen atoms in total. The summed E-state index contributed by atoms with van der Waals surface area (Å²) in [4.78, 5) is 64.6. The van der Waals surface area contributed by atoms with E-state index in [-0.39, 0.29) is 51.3 Å². The predicted octanol–water partition coefficient (Wildman–Crippen LogP) is 4.71. The lowest BCUT2D eigenvalue weighted by Gasteiger charge is -2.32. The van der Waals surface area contributed by atoms with E-state index in [1.54, 1.807) is 38.7 Å². The largest absolute Gasteiger partial charge is 0.466 e. The number of carbonyl (C=O) groups excluding carboxylic acids is 4. The van der Waals surface area contributed by atoms with Gasteiger partial charge in [0.1, 0.15) is 18.2 Å². The van der Waals surface area contributed by atoms with Crippen molar-refractivity contribution in [3.8, 4) is 0 Å². The van der Waals surface area contributed by atoms with Crippen LogP contribution in [-0.4, -0.2) is 63.2 Å². The molecule has 3 aromatic rings. The molecule has 1 N–H and O–H groups in total. The van der Waals surface area contributed by atoms with Crippen LogP contribution < -0.4 is 5.32 Å². The third-order valence-corrected chi connectivity index (χ3v) is 7.15. The van der Waals surface area contributed by atoms with Crippen molar-refractivity contribution in [1.29, 1.82) is 0 Å². The SMILES string of the molecule is CCOC(=O)Cc1cc2c(n1C(=O)OCc1ccccc1)CCN(C(=O)[C@H](Cc1ccc([N+](=O)[O-])cc1)NC(=O)OC(C)(C)C)C2. The number of aromatic nitrogens is 1. The topological polar surface area (TPSA) is 159 Å². The maximum absolute atomic E-state index is 13.9. The molecule has 1 aliphatic rings. The molecule has 2 amide bonds. The minimum absolute atomic E-state index is 0.0384. The molecule has 46 heavy (non-hydrogen) atoms. The average molecular weight is 635 g/mol. The molecule has 4 rings (SSSR count). The first kappa shape index (κ1) is 33.7. The zero-order valence-electron chi connectivity index (χ0n) is 26.3. The summed E-state index contributed by atoms with van der Waals surface area (Å²) >= 11 is 0. The highest BCUT2D eigenvalue weighted by Crippen LogP contribution is 2.26. The van der Waals surface area contributed by atoms with Gasteiger partial charge in [-0.2, -0.15) is 0 Å². The van der Waals surface area contributed by atoms with Crippen molar-refractivity contribution < 1.29 is 38.3 Å². The summed E-state index contributed by atoms with van der Waals surface area (Å²) in [6.07, 6.45) is -1.26. The van der Waals surface area contributed by atoms with Crippen molar-refractivity contribution in [1.82, 2.24) is 14.8 Å². The van der Waals surface area contributed by atoms with E-state index in [1.165, 1.54) is 28.8 Å². The molecule has 0 bridgehead atoms. The number of alkyl carbamates (subject to hydrolysis) is 1. The van der Waals surface area contributed by atoms with Crippen LogP contribution in [0.2, 0.25) is 0 Å². The number of amides is 2. The van der Waals surface area contributed by atoms with Crippen molar-refractivity contribution in [2.24, 2.45) is 0 Å². The Bertz CT molecular complexity index is 1580. The van der Waals surface area contributed by atoms with Gasteiger partial charge < -0.3 is 24.4 Å². The zero-order chi connectivity index (χ0) is 33.4. The van der Waals surface area contributed by atoms with E-state index >= 15 is 0 Å². The van der Waals surface area contributed by atoms with Crippen LogP contribution in [0, 0.1) is 10.1 Å². The fraction of sp³-hybridized carbons (Fsp3) is 0.394. The van der Waals surface area contributed by atoms with Crippen molar-refractivity contribution in [3.05, 3.63) is 98.9 Å². The average Bonchev–Trinajstić information content (AvgIpc) is 3.36. The Labute approximate surface area is 266 Å². The van der Waals surface area contributed by atoms with Gasteiger partial charge in [0.15, 0.2) is 0 Å². The van der Waals surface area contributed by atoms with Gasteiger partial charge in [-0.05, 0) is 50.5 Å². The number of fused-ring (bicyclic) bond motifs is 1. The van der Waals surface area contributed by atoms with Crippen LogP contribution in [0.15, 0.2) is 60.7 Å². The van der Waals surface area contributed by atoms with Crippen molar-refractivity contribution >= 4 is 29.8 Å². The van der Waals surface area contributed by atoms with E-state index in [1.807, 2.05) is 30.3 Å². The Hall–Kier alpha value is -5.20. The van der Waals surface area contributed by atoms with Crippen LogP contribution in [0.5, 0.6) is 0 Å². The summed E-state index contributed by atoms with van der Waals surface area (Å²) in [6, 6.07) is 15.6. The third-order valence-electron chi connectivity index (χ3n) is 7.15. The Kier molecular flexibility index (Phi) is 10.8. The zero-order valence-corrected chi connectivity index (χ0v) is 26.3. The lowest BCUT2D eigenvalue weighted by Crippen LogP contribution is -2.51. The van der Waals surface area contributed by atoms with Crippen LogP contribution in [-0.2, 0) is 56.2 Å². The van der Waals surface area contributed by atoms with E-state index in [0.29, 0.717) is 22.5 Å². The van der Waals surface area contributed by atoms with Crippen LogP contribution in [0.1, 0.15) is 55.8 Å². The first-order valence-corrected chi connectivity index (χ1v) is 14.9. The number of nitro benzene ring substituents is 1. The highest BCUT2D eigenvalue weighted by atomic mass is 16.6. The first-order valence-electron chi connectivity index (χ1n) is 14.9. The maximum Gasteiger partial charge on any atom is 0.418 e. The smallest absolute Gasteiger partial charge is 0.418 e. The monoisotopic (exact) mass is 634 g/mol. The van der Waals surface area contributed by atoms with Gasteiger partial charge >= 0.3 is 18.2 Å². The number of hydrogen-bond donors (Lipinski definition) is 1. The van der Waals surface area contributed by atoms with Gasteiger partial charge in [0.05, 0.1) is 18.0 Å². The lowest BCUT2D eigenvalue weighted by atomic mass is 10.0. The summed E-state index contributed by atoms with van der Waals surface area (Å²) in [5, 5.41) is 13.8. The quantitative estimate of drug-likeness (QED) is 0.144. The number of nitrogens with zero attached hydrogens (tertiary/aromatic N) is 3. The van der Waals surface area contributed by atoms with Gasteiger partial charge in [-0.25, -0.2) is 9.59 Å². The van der Waals surface area contributed by atoms with Crippen LogP contribution in [0.4, 0.5) is 15.3 Å². The highest BCUT2D eigenvalue weighted by Gasteiger charge is 2.33. The van der Waals surface area contributed by atoms with Crippen LogP contribution >= 0.6 is 0 Å². The molecule has 1 aliphatic heterocycles. The Balaban J connectivity index is 1.58. The first-order chi connectivity index (χ1) is 21.8. The number of carbonyl (C=O) groups is 4. The Morgan fingerprint density at radius 2 is 1.70 bits per heavy atom. The number of non-ortho nitro benzene ring substituents is 1. The summed E-state index contributed by atoms with van der Waals surface area (Å²) in [5.74, 6) is -0.909. The lowest BCUT2D eigenvalue weighted by molar-refractivity contribution is -0.384. The summed E-state index contributed by atoms with van der Waals surface area (Å²) < 4.78 is 17.5. The van der Waals surface area contributed by atoms with Crippen molar-refractivity contribution in [2.75, 3.05) is 13.2 Å². The molecule has 0 radical (unpaired) electrons. The molecule has 244 valence electrons. The van der Waals surface area contributed by atoms with Crippen LogP contribution in [0.25, 0.3) is 0 Å². The summed E-state index contributed by atoms with van der Waals surface area (Å²) in [6.45, 7) is 7.35. The predicted molar refractivity (Wildman–Crippen MR) is 166 cm³/mol. The normalized spacial score (nSPS) is 13.3. The second kappa shape index (κ2) is 14.7. The number of benzene rings is 2. The van der Waals surface area contributed by atoms with E-state index in [0.717, 1.165) is 5.56 Å². The Morgan fingerprint density at radius 1 is 1.00 bits per heavy atom. The summed E-state index contributed by atoms with van der Waals surface area (Å²) in [5.41, 5.74) is 2.15. The Morgan fingerprint density at radius 3 is 2.33 bits per heavy atom. The molecule has 2 heterocycles. The molecule has 0 unspecified atom stereocenters. The molecular weight excluding hydrogens is 596 g/mol. The third kappa shape index (κ3) is 8.93. The van der Waals surface area contributed by atoms with E-state index < -0.39 is 40.6 Å². The molecule has 1 atom stereocenters. The fourth-order valence-electron chi connectivity index (χ4n) is 5.15. The second-order valence-electron chi connectivity index (χ2n) is 11.8. The standard InChI is InChI=1S/C33H38N4O9/c1-5-44-29(38)19-26-18-24-20-35(16-15-28(24)36(26)32(41)45-21-23-9-7-6-8-10-23)30(39)27(34-31(40)46-33(2,3)4)17-22-11-13-25(14-12-22)37(42)43/h6-14,18,27H,5,15-17,19-21H2,1-4H3,(H,34,40)/t27-/m0/s1. The molecule has 0 spiro atoms.